The molecule has 0 radical (unpaired) electrons. The highest BCUT2D eigenvalue weighted by molar-refractivity contribution is 5.62. The Bertz CT molecular complexity index is 1590. The molecular formula is C29H28N8O2. The molecule has 0 aliphatic carbocycles. The summed E-state index contributed by atoms with van der Waals surface area (Å²) >= 11 is 0. The minimum Gasteiger partial charge on any atom is -0.379 e. The van der Waals surface area contributed by atoms with Crippen LogP contribution in [0.2, 0.25) is 0 Å². The highest BCUT2D eigenvalue weighted by Gasteiger charge is 2.11. The maximum atomic E-state index is 12.5. The molecule has 1 aromatic carbocycles. The number of rotatable bonds is 8. The molecule has 0 saturated carbocycles. The fourth-order valence-corrected chi connectivity index (χ4v) is 4.54. The fraction of sp³-hybridized carbons (Fsp3) is 0.241. The van der Waals surface area contributed by atoms with Crippen LogP contribution in [-0.2, 0) is 17.8 Å². The molecule has 0 bridgehead atoms. The van der Waals surface area contributed by atoms with Gasteiger partial charge in [-0.05, 0) is 29.8 Å². The first-order chi connectivity index (χ1) is 19.2. The maximum Gasteiger partial charge on any atom is 0.267 e. The average molecular weight is 521 g/mol. The van der Waals surface area contributed by atoms with Gasteiger partial charge in [0, 0.05) is 78.9 Å². The Labute approximate surface area is 225 Å². The molecule has 1 aliphatic rings. The number of hydrogen-bond donors (Lipinski definition) is 0. The molecule has 6 rings (SSSR count). The molecule has 10 nitrogen and oxygen atoms in total. The van der Waals surface area contributed by atoms with Crippen molar-refractivity contribution < 1.29 is 4.74 Å². The van der Waals surface area contributed by atoms with Crippen molar-refractivity contribution >= 4 is 0 Å². The van der Waals surface area contributed by atoms with Crippen molar-refractivity contribution in [3.8, 4) is 33.8 Å². The number of aromatic nitrogens is 7. The van der Waals surface area contributed by atoms with Crippen LogP contribution in [0.4, 0.5) is 0 Å². The standard InChI is InChI=1S/C29H28N8O2/c38-28-7-6-27(24-5-2-8-30-16-24)34-37(28)20-22-3-1-4-23(15-22)29-31-17-25(18-32-29)26-19-33-36(21-26)10-9-35-11-13-39-14-12-35/h1-8,15-19,21H,9-14,20H2. The average Bonchev–Trinajstić information content (AvgIpc) is 3.48. The highest BCUT2D eigenvalue weighted by Crippen LogP contribution is 2.21. The van der Waals surface area contributed by atoms with Gasteiger partial charge in [0.2, 0.25) is 0 Å². The molecule has 39 heavy (non-hydrogen) atoms. The summed E-state index contributed by atoms with van der Waals surface area (Å²) < 4.78 is 8.84. The van der Waals surface area contributed by atoms with Gasteiger partial charge in [0.1, 0.15) is 0 Å². The van der Waals surface area contributed by atoms with Gasteiger partial charge < -0.3 is 4.74 Å². The number of nitrogens with zero attached hydrogens (tertiary/aromatic N) is 8. The lowest BCUT2D eigenvalue weighted by Gasteiger charge is -2.26. The molecule has 0 spiro atoms. The summed E-state index contributed by atoms with van der Waals surface area (Å²) in [6.07, 6.45) is 11.0. The maximum absolute atomic E-state index is 12.5. The Morgan fingerprint density at radius 1 is 0.821 bits per heavy atom. The molecular weight excluding hydrogens is 492 g/mol. The lowest BCUT2D eigenvalue weighted by molar-refractivity contribution is 0.0360. The van der Waals surface area contributed by atoms with Gasteiger partial charge in [-0.15, -0.1) is 0 Å². The van der Waals surface area contributed by atoms with Crippen LogP contribution in [0.5, 0.6) is 0 Å². The number of hydrogen-bond acceptors (Lipinski definition) is 8. The van der Waals surface area contributed by atoms with Crippen molar-refractivity contribution in [2.45, 2.75) is 13.1 Å². The van der Waals surface area contributed by atoms with E-state index < -0.39 is 0 Å². The Balaban J connectivity index is 1.14. The first-order valence-corrected chi connectivity index (χ1v) is 12.9. The van der Waals surface area contributed by atoms with Gasteiger partial charge in [0.15, 0.2) is 5.82 Å². The number of ether oxygens (including phenoxy) is 1. The number of morpholine rings is 1. The molecule has 0 N–H and O–H groups in total. The summed E-state index contributed by atoms with van der Waals surface area (Å²) in [5.41, 5.74) is 5.08. The van der Waals surface area contributed by atoms with E-state index in [0.29, 0.717) is 18.1 Å². The quantitative estimate of drug-likeness (QED) is 0.308. The van der Waals surface area contributed by atoms with Crippen LogP contribution >= 0.6 is 0 Å². The zero-order valence-electron chi connectivity index (χ0n) is 21.4. The van der Waals surface area contributed by atoms with Crippen molar-refractivity contribution in [2.24, 2.45) is 0 Å². The number of benzene rings is 1. The summed E-state index contributed by atoms with van der Waals surface area (Å²) in [4.78, 5) is 28.3. The van der Waals surface area contributed by atoms with Crippen LogP contribution in [-0.4, -0.2) is 72.3 Å². The summed E-state index contributed by atoms with van der Waals surface area (Å²) in [5, 5.41) is 9.05. The van der Waals surface area contributed by atoms with E-state index in [1.165, 1.54) is 10.7 Å². The third kappa shape index (κ3) is 5.97. The summed E-state index contributed by atoms with van der Waals surface area (Å²) in [6, 6.07) is 14.9. The minimum absolute atomic E-state index is 0.167. The zero-order chi connectivity index (χ0) is 26.4. The fourth-order valence-electron chi connectivity index (χ4n) is 4.54. The van der Waals surface area contributed by atoms with E-state index in [-0.39, 0.29) is 5.56 Å². The van der Waals surface area contributed by atoms with Gasteiger partial charge in [-0.2, -0.15) is 10.2 Å². The molecule has 1 saturated heterocycles. The van der Waals surface area contributed by atoms with Crippen LogP contribution in [0.1, 0.15) is 5.56 Å². The van der Waals surface area contributed by atoms with Gasteiger partial charge in [0.25, 0.3) is 5.56 Å². The monoisotopic (exact) mass is 520 g/mol. The topological polar surface area (TPSA) is 104 Å². The van der Waals surface area contributed by atoms with E-state index in [4.69, 9.17) is 4.74 Å². The lowest BCUT2D eigenvalue weighted by Crippen LogP contribution is -2.38. The van der Waals surface area contributed by atoms with E-state index >= 15 is 0 Å². The van der Waals surface area contributed by atoms with Crippen LogP contribution in [0.3, 0.4) is 0 Å². The van der Waals surface area contributed by atoms with Gasteiger partial charge >= 0.3 is 0 Å². The Hall–Kier alpha value is -4.54. The molecule has 196 valence electrons. The SMILES string of the molecule is O=c1ccc(-c2cccnc2)nn1Cc1cccc(-c2ncc(-c3cnn(CCN4CCOCC4)c3)cn2)c1. The first kappa shape index (κ1) is 24.8. The molecule has 10 heteroatoms. The summed E-state index contributed by atoms with van der Waals surface area (Å²) in [6.45, 7) is 5.64. The predicted molar refractivity (Wildman–Crippen MR) is 147 cm³/mol. The smallest absolute Gasteiger partial charge is 0.267 e. The van der Waals surface area contributed by atoms with Crippen molar-refractivity contribution in [1.29, 1.82) is 0 Å². The van der Waals surface area contributed by atoms with Crippen molar-refractivity contribution in [1.82, 2.24) is 39.4 Å². The normalized spacial score (nSPS) is 13.9. The molecule has 4 aromatic heterocycles. The second-order valence-corrected chi connectivity index (χ2v) is 9.40. The molecule has 0 unspecified atom stereocenters. The molecule has 1 fully saturated rings. The minimum atomic E-state index is -0.167. The van der Waals surface area contributed by atoms with Crippen LogP contribution < -0.4 is 5.56 Å². The molecule has 0 amide bonds. The third-order valence-electron chi connectivity index (χ3n) is 6.71. The molecule has 5 heterocycles. The van der Waals surface area contributed by atoms with Gasteiger partial charge in [0.05, 0.1) is 38.2 Å². The second-order valence-electron chi connectivity index (χ2n) is 9.40. The highest BCUT2D eigenvalue weighted by atomic mass is 16.5. The largest absolute Gasteiger partial charge is 0.379 e. The molecule has 1 aliphatic heterocycles. The van der Waals surface area contributed by atoms with E-state index in [9.17, 15) is 4.79 Å². The van der Waals surface area contributed by atoms with E-state index in [0.717, 1.165) is 67.2 Å². The van der Waals surface area contributed by atoms with Crippen molar-refractivity contribution in [3.63, 3.8) is 0 Å². The van der Waals surface area contributed by atoms with Crippen LogP contribution in [0.15, 0.2) is 90.5 Å². The Morgan fingerprint density at radius 3 is 2.49 bits per heavy atom. The Morgan fingerprint density at radius 2 is 1.67 bits per heavy atom. The van der Waals surface area contributed by atoms with Gasteiger partial charge in [-0.25, -0.2) is 14.6 Å². The van der Waals surface area contributed by atoms with Gasteiger partial charge in [-0.3, -0.25) is 19.4 Å². The van der Waals surface area contributed by atoms with Gasteiger partial charge in [-0.1, -0.05) is 18.2 Å². The third-order valence-corrected chi connectivity index (χ3v) is 6.71. The molecule has 0 atom stereocenters. The first-order valence-electron chi connectivity index (χ1n) is 12.9. The Kier molecular flexibility index (Phi) is 7.28. The van der Waals surface area contributed by atoms with Crippen LogP contribution in [0, 0.1) is 0 Å². The lowest BCUT2D eigenvalue weighted by atomic mass is 10.1. The van der Waals surface area contributed by atoms with E-state index in [1.807, 2.05) is 65.9 Å². The van der Waals surface area contributed by atoms with Crippen molar-refractivity contribution in [2.75, 3.05) is 32.8 Å². The second kappa shape index (κ2) is 11.5. The zero-order valence-corrected chi connectivity index (χ0v) is 21.4. The summed E-state index contributed by atoms with van der Waals surface area (Å²) in [5.74, 6) is 0.615. The molecule has 5 aromatic rings. The predicted octanol–water partition coefficient (Wildman–Crippen LogP) is 3.01. The summed E-state index contributed by atoms with van der Waals surface area (Å²) in [7, 11) is 0. The van der Waals surface area contributed by atoms with Crippen LogP contribution in [0.25, 0.3) is 33.8 Å². The van der Waals surface area contributed by atoms with Crippen molar-refractivity contribution in [3.05, 3.63) is 102 Å². The number of pyridine rings is 1. The van der Waals surface area contributed by atoms with E-state index in [2.05, 4.69) is 30.0 Å². The van der Waals surface area contributed by atoms with E-state index in [1.54, 1.807) is 18.5 Å².